The number of nitrogens with zero attached hydrogens (tertiary/aromatic N) is 1. The van der Waals surface area contributed by atoms with E-state index in [1.165, 1.54) is 11.8 Å². The Morgan fingerprint density at radius 1 is 1.57 bits per heavy atom. The van der Waals surface area contributed by atoms with E-state index < -0.39 is 0 Å². The molecule has 0 spiro atoms. The van der Waals surface area contributed by atoms with Gasteiger partial charge in [-0.2, -0.15) is 0 Å². The lowest BCUT2D eigenvalue weighted by molar-refractivity contribution is -0.124. The maximum Gasteiger partial charge on any atom is 0.227 e. The minimum absolute atomic E-state index is 0.0807. The molecule has 1 heterocycles. The van der Waals surface area contributed by atoms with Crippen LogP contribution in [-0.2, 0) is 9.59 Å². The molecule has 1 aliphatic heterocycles. The SMILES string of the molecule is CC(=O)N1C=C[C@H](C(C)C)C(C=O)=C1. The highest BCUT2D eigenvalue weighted by atomic mass is 16.2. The number of allylic oxidation sites excluding steroid dienone is 2. The Bertz CT molecular complexity index is 302. The van der Waals surface area contributed by atoms with Crippen molar-refractivity contribution >= 4 is 12.2 Å². The molecular weight excluding hydrogens is 178 g/mol. The van der Waals surface area contributed by atoms with E-state index in [2.05, 4.69) is 13.8 Å². The highest BCUT2D eigenvalue weighted by Gasteiger charge is 2.20. The largest absolute Gasteiger partial charge is 0.298 e. The van der Waals surface area contributed by atoms with Gasteiger partial charge in [-0.05, 0) is 5.92 Å². The van der Waals surface area contributed by atoms with Gasteiger partial charge in [0.2, 0.25) is 5.91 Å². The highest BCUT2D eigenvalue weighted by Crippen LogP contribution is 2.24. The van der Waals surface area contributed by atoms with Crippen LogP contribution in [0.5, 0.6) is 0 Å². The lowest BCUT2D eigenvalue weighted by atomic mass is 9.88. The zero-order chi connectivity index (χ0) is 10.7. The van der Waals surface area contributed by atoms with Crippen LogP contribution in [-0.4, -0.2) is 17.1 Å². The summed E-state index contributed by atoms with van der Waals surface area (Å²) in [5, 5.41) is 0. The molecule has 0 saturated carbocycles. The molecule has 0 aromatic heterocycles. The molecule has 3 nitrogen and oxygen atoms in total. The van der Waals surface area contributed by atoms with Crippen LogP contribution in [0.25, 0.3) is 0 Å². The molecule has 1 amide bonds. The van der Waals surface area contributed by atoms with Crippen LogP contribution in [0.3, 0.4) is 0 Å². The average molecular weight is 193 g/mol. The Morgan fingerprint density at radius 2 is 2.21 bits per heavy atom. The molecule has 0 bridgehead atoms. The summed E-state index contributed by atoms with van der Waals surface area (Å²) in [4.78, 5) is 23.3. The standard InChI is InChI=1S/C11H15NO2/c1-8(2)11-4-5-12(9(3)14)6-10(11)7-13/h4-8,11H,1-3H3/t11-/m1/s1. The van der Waals surface area contributed by atoms with E-state index >= 15 is 0 Å². The third kappa shape index (κ3) is 2.10. The summed E-state index contributed by atoms with van der Waals surface area (Å²) >= 11 is 0. The monoisotopic (exact) mass is 193 g/mol. The summed E-state index contributed by atoms with van der Waals surface area (Å²) in [6, 6.07) is 0. The summed E-state index contributed by atoms with van der Waals surface area (Å²) in [6.45, 7) is 5.57. The fourth-order valence-corrected chi connectivity index (χ4v) is 1.50. The predicted molar refractivity (Wildman–Crippen MR) is 54.1 cm³/mol. The fraction of sp³-hybridized carbons (Fsp3) is 0.455. The van der Waals surface area contributed by atoms with Crippen molar-refractivity contribution in [3.63, 3.8) is 0 Å². The first-order chi connectivity index (χ1) is 6.56. The number of hydrogen-bond donors (Lipinski definition) is 0. The summed E-state index contributed by atoms with van der Waals surface area (Å²) in [6.07, 6.45) is 6.06. The third-order valence-electron chi connectivity index (χ3n) is 2.34. The van der Waals surface area contributed by atoms with Gasteiger partial charge < -0.3 is 0 Å². The van der Waals surface area contributed by atoms with Crippen molar-refractivity contribution in [2.24, 2.45) is 11.8 Å². The Morgan fingerprint density at radius 3 is 2.64 bits per heavy atom. The molecular formula is C11H15NO2. The number of carbonyl (C=O) groups is 2. The van der Waals surface area contributed by atoms with Gasteiger partial charge in [-0.25, -0.2) is 0 Å². The van der Waals surface area contributed by atoms with Crippen molar-refractivity contribution in [1.82, 2.24) is 4.90 Å². The van der Waals surface area contributed by atoms with Gasteiger partial charge in [-0.1, -0.05) is 19.9 Å². The van der Waals surface area contributed by atoms with Crippen LogP contribution in [0.1, 0.15) is 20.8 Å². The summed E-state index contributed by atoms with van der Waals surface area (Å²) in [7, 11) is 0. The molecule has 1 atom stereocenters. The van der Waals surface area contributed by atoms with Crippen LogP contribution in [0.2, 0.25) is 0 Å². The first-order valence-electron chi connectivity index (χ1n) is 4.70. The third-order valence-corrected chi connectivity index (χ3v) is 2.34. The molecule has 0 unspecified atom stereocenters. The van der Waals surface area contributed by atoms with E-state index in [0.29, 0.717) is 11.5 Å². The molecule has 3 heteroatoms. The minimum atomic E-state index is -0.0807. The normalized spacial score (nSPS) is 21.0. The summed E-state index contributed by atoms with van der Waals surface area (Å²) in [5.74, 6) is 0.419. The molecule has 1 rings (SSSR count). The molecule has 0 saturated heterocycles. The van der Waals surface area contributed by atoms with Crippen molar-refractivity contribution in [2.75, 3.05) is 0 Å². The van der Waals surface area contributed by atoms with Gasteiger partial charge in [0.1, 0.15) is 6.29 Å². The van der Waals surface area contributed by atoms with Gasteiger partial charge >= 0.3 is 0 Å². The van der Waals surface area contributed by atoms with Crippen LogP contribution < -0.4 is 0 Å². The molecule has 0 aliphatic carbocycles. The molecule has 1 aliphatic rings. The molecule has 76 valence electrons. The van der Waals surface area contributed by atoms with Crippen molar-refractivity contribution in [1.29, 1.82) is 0 Å². The lowest BCUT2D eigenvalue weighted by Crippen LogP contribution is -2.24. The zero-order valence-corrected chi connectivity index (χ0v) is 8.73. The van der Waals surface area contributed by atoms with E-state index in [0.717, 1.165) is 6.29 Å². The molecule has 0 radical (unpaired) electrons. The van der Waals surface area contributed by atoms with Crippen LogP contribution in [0.15, 0.2) is 24.0 Å². The second-order valence-electron chi connectivity index (χ2n) is 3.78. The smallest absolute Gasteiger partial charge is 0.227 e. The van der Waals surface area contributed by atoms with Gasteiger partial charge in [0.05, 0.1) is 0 Å². The summed E-state index contributed by atoms with van der Waals surface area (Å²) in [5.41, 5.74) is 0.665. The molecule has 14 heavy (non-hydrogen) atoms. The van der Waals surface area contributed by atoms with E-state index in [1.807, 2.05) is 6.08 Å². The van der Waals surface area contributed by atoms with Crippen molar-refractivity contribution in [2.45, 2.75) is 20.8 Å². The van der Waals surface area contributed by atoms with E-state index in [-0.39, 0.29) is 11.8 Å². The number of hydrogen-bond acceptors (Lipinski definition) is 2. The van der Waals surface area contributed by atoms with Gasteiger partial charge in [-0.3, -0.25) is 14.5 Å². The molecule has 0 aromatic carbocycles. The highest BCUT2D eigenvalue weighted by molar-refractivity contribution is 5.80. The van der Waals surface area contributed by atoms with E-state index in [9.17, 15) is 9.59 Å². The lowest BCUT2D eigenvalue weighted by Gasteiger charge is -2.24. The first-order valence-corrected chi connectivity index (χ1v) is 4.70. The Kier molecular flexibility index (Phi) is 3.23. The number of amides is 1. The van der Waals surface area contributed by atoms with Gasteiger partial charge in [0.15, 0.2) is 0 Å². The quantitative estimate of drug-likeness (QED) is 0.626. The van der Waals surface area contributed by atoms with Crippen LogP contribution in [0.4, 0.5) is 0 Å². The van der Waals surface area contributed by atoms with Crippen LogP contribution in [0, 0.1) is 11.8 Å². The second-order valence-corrected chi connectivity index (χ2v) is 3.78. The predicted octanol–water partition coefficient (Wildman–Crippen LogP) is 1.72. The number of carbonyl (C=O) groups excluding carboxylic acids is 2. The maximum absolute atomic E-state index is 11.1. The van der Waals surface area contributed by atoms with Crippen LogP contribution >= 0.6 is 0 Å². The van der Waals surface area contributed by atoms with Gasteiger partial charge in [0, 0.05) is 30.8 Å². The zero-order valence-electron chi connectivity index (χ0n) is 8.73. The molecule has 0 N–H and O–H groups in total. The van der Waals surface area contributed by atoms with Gasteiger partial charge in [0.25, 0.3) is 0 Å². The topological polar surface area (TPSA) is 37.4 Å². The summed E-state index contributed by atoms with van der Waals surface area (Å²) < 4.78 is 0. The van der Waals surface area contributed by atoms with Gasteiger partial charge in [-0.15, -0.1) is 0 Å². The molecule has 0 aromatic rings. The maximum atomic E-state index is 11.1. The second kappa shape index (κ2) is 4.22. The van der Waals surface area contributed by atoms with E-state index in [1.54, 1.807) is 12.4 Å². The Hall–Kier alpha value is -1.38. The first kappa shape index (κ1) is 10.7. The van der Waals surface area contributed by atoms with Crippen molar-refractivity contribution in [3.05, 3.63) is 24.0 Å². The van der Waals surface area contributed by atoms with Crippen molar-refractivity contribution < 1.29 is 9.59 Å². The van der Waals surface area contributed by atoms with E-state index in [4.69, 9.17) is 0 Å². The average Bonchev–Trinajstić information content (AvgIpc) is 2.16. The Labute approximate surface area is 84.1 Å². The van der Waals surface area contributed by atoms with Crippen molar-refractivity contribution in [3.8, 4) is 0 Å². The Balaban J connectivity index is 2.91. The number of aldehydes is 1. The fourth-order valence-electron chi connectivity index (χ4n) is 1.50. The minimum Gasteiger partial charge on any atom is -0.298 e. The molecule has 0 fully saturated rings. The number of rotatable bonds is 2.